The van der Waals surface area contributed by atoms with Gasteiger partial charge < -0.3 is 9.64 Å². The number of nitrogens with one attached hydrogen (secondary N) is 1. The summed E-state index contributed by atoms with van der Waals surface area (Å²) >= 11 is 0. The molecule has 0 saturated carbocycles. The van der Waals surface area contributed by atoms with Gasteiger partial charge in [0.25, 0.3) is 0 Å². The summed E-state index contributed by atoms with van der Waals surface area (Å²) in [5, 5.41) is 3.13. The second-order valence-electron chi connectivity index (χ2n) is 5.33. The normalized spacial score (nSPS) is 23.2. The molecule has 0 radical (unpaired) electrons. The summed E-state index contributed by atoms with van der Waals surface area (Å²) in [7, 11) is 1.36. The van der Waals surface area contributed by atoms with Crippen LogP contribution >= 0.6 is 0 Å². The van der Waals surface area contributed by atoms with E-state index in [0.29, 0.717) is 12.8 Å². The minimum atomic E-state index is -0.438. The van der Waals surface area contributed by atoms with E-state index in [0.717, 1.165) is 5.69 Å². The Kier molecular flexibility index (Phi) is 4.96. The van der Waals surface area contributed by atoms with Crippen LogP contribution in [0.1, 0.15) is 26.7 Å². The number of amides is 1. The largest absolute Gasteiger partial charge is 0.468 e. The zero-order valence-electron chi connectivity index (χ0n) is 12.7. The molecule has 1 aliphatic rings. The van der Waals surface area contributed by atoms with Crippen LogP contribution in [0.3, 0.4) is 0 Å². The highest BCUT2D eigenvalue weighted by Gasteiger charge is 2.39. The number of ether oxygens (including phenoxy) is 1. The fourth-order valence-corrected chi connectivity index (χ4v) is 2.78. The molecule has 5 nitrogen and oxygen atoms in total. The maximum atomic E-state index is 12.6. The maximum Gasteiger partial charge on any atom is 0.322 e. The number of carbonyl (C=O) groups is 2. The zero-order chi connectivity index (χ0) is 15.4. The molecule has 0 unspecified atom stereocenters. The molecule has 1 N–H and O–H groups in total. The number of methoxy groups -OCH3 is 1. The third kappa shape index (κ3) is 3.24. The SMILES string of the molecule is CC[C@H](N[C@H]1C[C@@H](C)N(c2ccccc2)C1=O)C(=O)OC. The summed E-state index contributed by atoms with van der Waals surface area (Å²) in [6, 6.07) is 8.93. The molecule has 1 fully saturated rings. The predicted molar refractivity (Wildman–Crippen MR) is 81.0 cm³/mol. The Morgan fingerprint density at radius 1 is 1.43 bits per heavy atom. The molecule has 2 rings (SSSR count). The molecule has 1 amide bonds. The summed E-state index contributed by atoms with van der Waals surface area (Å²) in [6.07, 6.45) is 1.28. The van der Waals surface area contributed by atoms with Gasteiger partial charge in [0, 0.05) is 11.7 Å². The molecule has 1 aromatic rings. The van der Waals surface area contributed by atoms with Crippen LogP contribution in [0.15, 0.2) is 30.3 Å². The van der Waals surface area contributed by atoms with Crippen LogP contribution in [0.25, 0.3) is 0 Å². The first-order chi connectivity index (χ1) is 10.1. The average Bonchev–Trinajstić information content (AvgIpc) is 2.79. The van der Waals surface area contributed by atoms with Crippen molar-refractivity contribution in [3.05, 3.63) is 30.3 Å². The molecule has 0 spiro atoms. The molecule has 1 heterocycles. The number of carbonyl (C=O) groups excluding carboxylic acids is 2. The second kappa shape index (κ2) is 6.72. The lowest BCUT2D eigenvalue weighted by Crippen LogP contribution is -2.47. The third-order valence-electron chi connectivity index (χ3n) is 3.88. The van der Waals surface area contributed by atoms with Crippen molar-refractivity contribution in [3.8, 4) is 0 Å². The summed E-state index contributed by atoms with van der Waals surface area (Å²) < 4.78 is 4.76. The van der Waals surface area contributed by atoms with Crippen molar-refractivity contribution in [3.63, 3.8) is 0 Å². The fraction of sp³-hybridized carbons (Fsp3) is 0.500. The van der Waals surface area contributed by atoms with Crippen LogP contribution in [0.4, 0.5) is 5.69 Å². The quantitative estimate of drug-likeness (QED) is 0.839. The monoisotopic (exact) mass is 290 g/mol. The second-order valence-corrected chi connectivity index (χ2v) is 5.33. The van der Waals surface area contributed by atoms with Gasteiger partial charge in [0.2, 0.25) is 5.91 Å². The van der Waals surface area contributed by atoms with Gasteiger partial charge in [0.05, 0.1) is 13.2 Å². The van der Waals surface area contributed by atoms with Gasteiger partial charge in [-0.3, -0.25) is 14.9 Å². The highest BCUT2D eigenvalue weighted by Crippen LogP contribution is 2.26. The molecule has 5 heteroatoms. The smallest absolute Gasteiger partial charge is 0.322 e. The molecule has 114 valence electrons. The lowest BCUT2D eigenvalue weighted by atomic mass is 10.1. The minimum absolute atomic E-state index is 0.0102. The Morgan fingerprint density at radius 2 is 2.10 bits per heavy atom. The van der Waals surface area contributed by atoms with E-state index in [2.05, 4.69) is 5.32 Å². The molecule has 3 atom stereocenters. The molecule has 1 aromatic carbocycles. The van der Waals surface area contributed by atoms with Crippen LogP contribution in [-0.4, -0.2) is 37.1 Å². The summed E-state index contributed by atoms with van der Waals surface area (Å²) in [4.78, 5) is 26.0. The summed E-state index contributed by atoms with van der Waals surface area (Å²) in [6.45, 7) is 3.91. The topological polar surface area (TPSA) is 58.6 Å². The zero-order valence-corrected chi connectivity index (χ0v) is 12.7. The first-order valence-corrected chi connectivity index (χ1v) is 7.30. The molecular weight excluding hydrogens is 268 g/mol. The van der Waals surface area contributed by atoms with Gasteiger partial charge in [-0.25, -0.2) is 0 Å². The lowest BCUT2D eigenvalue weighted by Gasteiger charge is -2.22. The Labute approximate surface area is 125 Å². The highest BCUT2D eigenvalue weighted by atomic mass is 16.5. The van der Waals surface area contributed by atoms with Crippen molar-refractivity contribution in [2.75, 3.05) is 12.0 Å². The van der Waals surface area contributed by atoms with E-state index in [1.54, 1.807) is 4.90 Å². The van der Waals surface area contributed by atoms with Gasteiger partial charge in [0.1, 0.15) is 6.04 Å². The van der Waals surface area contributed by atoms with E-state index in [4.69, 9.17) is 4.74 Å². The Hall–Kier alpha value is -1.88. The van der Waals surface area contributed by atoms with Crippen LogP contribution in [0, 0.1) is 0 Å². The van der Waals surface area contributed by atoms with Crippen molar-refractivity contribution in [2.45, 2.75) is 44.8 Å². The average molecular weight is 290 g/mol. The van der Waals surface area contributed by atoms with Crippen molar-refractivity contribution in [1.82, 2.24) is 5.32 Å². The number of hydrogen-bond acceptors (Lipinski definition) is 4. The summed E-state index contributed by atoms with van der Waals surface area (Å²) in [5.74, 6) is -0.313. The molecule has 0 aliphatic carbocycles. The van der Waals surface area contributed by atoms with E-state index in [1.165, 1.54) is 7.11 Å². The molecule has 1 aliphatic heterocycles. The number of benzene rings is 1. The molecule has 0 aromatic heterocycles. The number of esters is 1. The maximum absolute atomic E-state index is 12.6. The van der Waals surface area contributed by atoms with Crippen LogP contribution in [0.5, 0.6) is 0 Å². The van der Waals surface area contributed by atoms with Gasteiger partial charge in [-0.05, 0) is 31.9 Å². The Balaban J connectivity index is 2.11. The van der Waals surface area contributed by atoms with Crippen LogP contribution < -0.4 is 10.2 Å². The molecule has 0 bridgehead atoms. The van der Waals surface area contributed by atoms with Crippen molar-refractivity contribution >= 4 is 17.6 Å². The molecular formula is C16H22N2O3. The van der Waals surface area contributed by atoms with Gasteiger partial charge >= 0.3 is 5.97 Å². The molecule has 21 heavy (non-hydrogen) atoms. The van der Waals surface area contributed by atoms with E-state index in [9.17, 15) is 9.59 Å². The minimum Gasteiger partial charge on any atom is -0.468 e. The van der Waals surface area contributed by atoms with Gasteiger partial charge in [-0.2, -0.15) is 0 Å². The van der Waals surface area contributed by atoms with Crippen molar-refractivity contribution in [1.29, 1.82) is 0 Å². The number of nitrogens with zero attached hydrogens (tertiary/aromatic N) is 1. The van der Waals surface area contributed by atoms with Gasteiger partial charge in [0.15, 0.2) is 0 Å². The summed E-state index contributed by atoms with van der Waals surface area (Å²) in [5.41, 5.74) is 0.894. The van der Waals surface area contributed by atoms with E-state index < -0.39 is 6.04 Å². The van der Waals surface area contributed by atoms with E-state index in [-0.39, 0.29) is 24.0 Å². The van der Waals surface area contributed by atoms with Crippen molar-refractivity contribution in [2.24, 2.45) is 0 Å². The number of para-hydroxylation sites is 1. The Morgan fingerprint density at radius 3 is 2.67 bits per heavy atom. The standard InChI is InChI=1S/C16H22N2O3/c1-4-13(16(20)21-3)17-14-10-11(2)18(15(14)19)12-8-6-5-7-9-12/h5-9,11,13-14,17H,4,10H2,1-3H3/t11-,13+,14+/m1/s1. The highest BCUT2D eigenvalue weighted by molar-refractivity contribution is 6.00. The Bertz CT molecular complexity index is 504. The lowest BCUT2D eigenvalue weighted by molar-refractivity contribution is -0.143. The third-order valence-corrected chi connectivity index (χ3v) is 3.88. The predicted octanol–water partition coefficient (Wildman–Crippen LogP) is 1.72. The number of anilines is 1. The number of hydrogen-bond donors (Lipinski definition) is 1. The van der Waals surface area contributed by atoms with Crippen molar-refractivity contribution < 1.29 is 14.3 Å². The van der Waals surface area contributed by atoms with E-state index in [1.807, 2.05) is 44.2 Å². The van der Waals surface area contributed by atoms with Gasteiger partial charge in [-0.15, -0.1) is 0 Å². The first-order valence-electron chi connectivity index (χ1n) is 7.30. The first kappa shape index (κ1) is 15.5. The van der Waals surface area contributed by atoms with Crippen LogP contribution in [0.2, 0.25) is 0 Å². The molecule has 1 saturated heterocycles. The fourth-order valence-electron chi connectivity index (χ4n) is 2.78. The van der Waals surface area contributed by atoms with Crippen LogP contribution in [-0.2, 0) is 14.3 Å². The van der Waals surface area contributed by atoms with E-state index >= 15 is 0 Å². The van der Waals surface area contributed by atoms with Gasteiger partial charge in [-0.1, -0.05) is 25.1 Å². The number of rotatable bonds is 5.